The Labute approximate surface area is 194 Å². The van der Waals surface area contributed by atoms with E-state index in [-0.39, 0.29) is 24.8 Å². The lowest BCUT2D eigenvalue weighted by Gasteiger charge is -2.29. The maximum Gasteiger partial charge on any atom is 0.242 e. The van der Waals surface area contributed by atoms with E-state index >= 15 is 0 Å². The summed E-state index contributed by atoms with van der Waals surface area (Å²) in [5.41, 5.74) is 1.79. The van der Waals surface area contributed by atoms with Gasteiger partial charge in [-0.25, -0.2) is 0 Å². The van der Waals surface area contributed by atoms with Crippen LogP contribution in [0.1, 0.15) is 44.2 Å². The number of hydrogen-bond donors (Lipinski definition) is 1. The van der Waals surface area contributed by atoms with Crippen LogP contribution in [0.5, 0.6) is 5.75 Å². The molecule has 0 spiro atoms. The molecule has 31 heavy (non-hydrogen) atoms. The van der Waals surface area contributed by atoms with E-state index in [0.717, 1.165) is 17.7 Å². The Morgan fingerprint density at radius 3 is 2.35 bits per heavy atom. The van der Waals surface area contributed by atoms with Gasteiger partial charge >= 0.3 is 0 Å². The highest BCUT2D eigenvalue weighted by molar-refractivity contribution is 6.36. The van der Waals surface area contributed by atoms with Crippen molar-refractivity contribution in [1.82, 2.24) is 10.2 Å². The van der Waals surface area contributed by atoms with Gasteiger partial charge in [0.15, 0.2) is 0 Å². The van der Waals surface area contributed by atoms with Gasteiger partial charge in [0.05, 0.1) is 6.61 Å². The van der Waals surface area contributed by atoms with Crippen molar-refractivity contribution in [1.29, 1.82) is 0 Å². The van der Waals surface area contributed by atoms with Crippen LogP contribution in [0.4, 0.5) is 0 Å². The number of aryl methyl sites for hydroxylation is 1. The van der Waals surface area contributed by atoms with Crippen molar-refractivity contribution in [2.45, 2.75) is 52.6 Å². The lowest BCUT2D eigenvalue weighted by Crippen LogP contribution is -2.47. The van der Waals surface area contributed by atoms with Crippen LogP contribution in [0.25, 0.3) is 0 Å². The molecule has 7 heteroatoms. The van der Waals surface area contributed by atoms with E-state index in [9.17, 15) is 9.59 Å². The molecule has 2 amide bonds. The van der Waals surface area contributed by atoms with Gasteiger partial charge in [-0.3, -0.25) is 9.59 Å². The molecule has 1 unspecified atom stereocenters. The van der Waals surface area contributed by atoms with Crippen LogP contribution < -0.4 is 10.1 Å². The molecular weight excluding hydrogens is 435 g/mol. The Hall–Kier alpha value is -2.24. The first-order chi connectivity index (χ1) is 14.8. The number of nitrogens with zero attached hydrogens (tertiary/aromatic N) is 1. The second-order valence-electron chi connectivity index (χ2n) is 7.45. The van der Waals surface area contributed by atoms with Crippen molar-refractivity contribution >= 4 is 35.0 Å². The molecule has 0 fully saturated rings. The largest absolute Gasteiger partial charge is 0.494 e. The molecular formula is C24H30Cl2N2O3. The van der Waals surface area contributed by atoms with Crippen molar-refractivity contribution in [3.8, 4) is 5.75 Å². The zero-order valence-corrected chi connectivity index (χ0v) is 19.8. The van der Waals surface area contributed by atoms with Gasteiger partial charge in [0, 0.05) is 35.1 Å². The molecule has 0 aromatic heterocycles. The zero-order valence-electron chi connectivity index (χ0n) is 18.3. The van der Waals surface area contributed by atoms with Crippen molar-refractivity contribution < 1.29 is 14.3 Å². The summed E-state index contributed by atoms with van der Waals surface area (Å²) >= 11 is 12.6. The summed E-state index contributed by atoms with van der Waals surface area (Å²) in [4.78, 5) is 27.1. The van der Waals surface area contributed by atoms with Crippen molar-refractivity contribution in [3.63, 3.8) is 0 Å². The van der Waals surface area contributed by atoms with E-state index in [1.54, 1.807) is 25.1 Å². The monoisotopic (exact) mass is 464 g/mol. The lowest BCUT2D eigenvalue weighted by molar-refractivity contribution is -0.140. The fourth-order valence-electron chi connectivity index (χ4n) is 3.02. The number of rotatable bonds is 11. The van der Waals surface area contributed by atoms with Gasteiger partial charge in [0.25, 0.3) is 0 Å². The minimum Gasteiger partial charge on any atom is -0.494 e. The average molecular weight is 465 g/mol. The molecule has 0 saturated carbocycles. The van der Waals surface area contributed by atoms with E-state index < -0.39 is 6.04 Å². The highest BCUT2D eigenvalue weighted by Crippen LogP contribution is 2.27. The minimum absolute atomic E-state index is 0.150. The predicted molar refractivity (Wildman–Crippen MR) is 126 cm³/mol. The molecule has 0 aliphatic heterocycles. The van der Waals surface area contributed by atoms with Gasteiger partial charge in [0.1, 0.15) is 11.8 Å². The van der Waals surface area contributed by atoms with Crippen molar-refractivity contribution in [3.05, 3.63) is 63.6 Å². The molecule has 0 aliphatic carbocycles. The standard InChI is InChI=1S/C24H30Cl2N2O3/c1-4-14-27-24(30)18(3)28(16-20-21(25)7-5-8-22(20)26)23(29)9-6-15-31-19-12-10-17(2)11-13-19/h5,7-8,10-13,18H,4,6,9,14-16H2,1-3H3,(H,27,30). The Morgan fingerprint density at radius 2 is 1.74 bits per heavy atom. The van der Waals surface area contributed by atoms with Gasteiger partial charge in [-0.2, -0.15) is 0 Å². The first-order valence-electron chi connectivity index (χ1n) is 10.5. The van der Waals surface area contributed by atoms with Crippen LogP contribution >= 0.6 is 23.2 Å². The van der Waals surface area contributed by atoms with Gasteiger partial charge in [-0.15, -0.1) is 0 Å². The summed E-state index contributed by atoms with van der Waals surface area (Å²) in [6, 6.07) is 12.3. The summed E-state index contributed by atoms with van der Waals surface area (Å²) in [5.74, 6) is 0.419. The molecule has 1 atom stereocenters. The normalized spacial score (nSPS) is 11.6. The number of amides is 2. The van der Waals surface area contributed by atoms with Crippen molar-refractivity contribution in [2.75, 3.05) is 13.2 Å². The van der Waals surface area contributed by atoms with Crippen LogP contribution in [0, 0.1) is 6.92 Å². The molecule has 0 heterocycles. The van der Waals surface area contributed by atoms with E-state index in [0.29, 0.717) is 35.2 Å². The number of hydrogen-bond acceptors (Lipinski definition) is 3. The third-order valence-electron chi connectivity index (χ3n) is 4.93. The molecule has 2 rings (SSSR count). The van der Waals surface area contributed by atoms with E-state index in [4.69, 9.17) is 27.9 Å². The third-order valence-corrected chi connectivity index (χ3v) is 5.64. The van der Waals surface area contributed by atoms with Crippen LogP contribution in [0.15, 0.2) is 42.5 Å². The Morgan fingerprint density at radius 1 is 1.10 bits per heavy atom. The summed E-state index contributed by atoms with van der Waals surface area (Å²) in [6.45, 7) is 6.84. The highest BCUT2D eigenvalue weighted by Gasteiger charge is 2.27. The fourth-order valence-corrected chi connectivity index (χ4v) is 3.54. The predicted octanol–water partition coefficient (Wildman–Crippen LogP) is 5.40. The first-order valence-corrected chi connectivity index (χ1v) is 11.3. The molecule has 2 aromatic carbocycles. The van der Waals surface area contributed by atoms with Crippen LogP contribution in [-0.4, -0.2) is 35.9 Å². The quantitative estimate of drug-likeness (QED) is 0.452. The van der Waals surface area contributed by atoms with Gasteiger partial charge in [-0.1, -0.05) is 53.9 Å². The summed E-state index contributed by atoms with van der Waals surface area (Å²) in [7, 11) is 0. The summed E-state index contributed by atoms with van der Waals surface area (Å²) in [6.07, 6.45) is 1.60. The van der Waals surface area contributed by atoms with Crippen LogP contribution in [-0.2, 0) is 16.1 Å². The van der Waals surface area contributed by atoms with Crippen molar-refractivity contribution in [2.24, 2.45) is 0 Å². The molecule has 0 saturated heterocycles. The second-order valence-corrected chi connectivity index (χ2v) is 8.27. The van der Waals surface area contributed by atoms with Crippen LogP contribution in [0.2, 0.25) is 10.0 Å². The molecule has 168 valence electrons. The van der Waals surface area contributed by atoms with Gasteiger partial charge < -0.3 is 15.0 Å². The number of halogens is 2. The van der Waals surface area contributed by atoms with E-state index in [2.05, 4.69) is 5.32 Å². The lowest BCUT2D eigenvalue weighted by atomic mass is 10.1. The molecule has 0 bridgehead atoms. The topological polar surface area (TPSA) is 58.6 Å². The smallest absolute Gasteiger partial charge is 0.242 e. The number of carbonyl (C=O) groups excluding carboxylic acids is 2. The number of carbonyl (C=O) groups is 2. The molecule has 2 aromatic rings. The molecule has 0 aliphatic rings. The van der Waals surface area contributed by atoms with E-state index in [1.165, 1.54) is 4.90 Å². The number of nitrogens with one attached hydrogen (secondary N) is 1. The second kappa shape index (κ2) is 12.6. The fraction of sp³-hybridized carbons (Fsp3) is 0.417. The van der Waals surface area contributed by atoms with Gasteiger partial charge in [0.2, 0.25) is 11.8 Å². The highest BCUT2D eigenvalue weighted by atomic mass is 35.5. The van der Waals surface area contributed by atoms with Gasteiger partial charge in [-0.05, 0) is 51.0 Å². The number of ether oxygens (including phenoxy) is 1. The number of benzene rings is 2. The Kier molecular flexibility index (Phi) is 10.2. The molecule has 5 nitrogen and oxygen atoms in total. The zero-order chi connectivity index (χ0) is 22.8. The third kappa shape index (κ3) is 7.75. The Bertz CT molecular complexity index is 851. The SMILES string of the molecule is CCCNC(=O)C(C)N(Cc1c(Cl)cccc1Cl)C(=O)CCCOc1ccc(C)cc1. The van der Waals surface area contributed by atoms with E-state index in [1.807, 2.05) is 38.1 Å². The first kappa shape index (κ1) is 25.0. The van der Waals surface area contributed by atoms with Crippen LogP contribution in [0.3, 0.4) is 0 Å². The maximum absolute atomic E-state index is 13.1. The maximum atomic E-state index is 13.1. The minimum atomic E-state index is -0.649. The molecule has 0 radical (unpaired) electrons. The summed E-state index contributed by atoms with van der Waals surface area (Å²) in [5, 5.41) is 3.79. The Balaban J connectivity index is 2.04. The molecule has 1 N–H and O–H groups in total. The average Bonchev–Trinajstić information content (AvgIpc) is 2.75. The summed E-state index contributed by atoms with van der Waals surface area (Å²) < 4.78 is 5.72.